The highest BCUT2D eigenvalue weighted by Crippen LogP contribution is 2.31. The summed E-state index contributed by atoms with van der Waals surface area (Å²) < 4.78 is 1.84. The zero-order chi connectivity index (χ0) is 22.1. The number of nitro groups is 1. The Labute approximate surface area is 182 Å². The van der Waals surface area contributed by atoms with Gasteiger partial charge in [-0.2, -0.15) is 0 Å². The number of thiazole rings is 1. The molecule has 2 heterocycles. The number of aromatic nitrogens is 2. The van der Waals surface area contributed by atoms with Crippen LogP contribution in [0.15, 0.2) is 54.1 Å². The molecule has 1 N–H and O–H groups in total. The minimum atomic E-state index is -0.522. The van der Waals surface area contributed by atoms with E-state index in [4.69, 9.17) is 0 Å². The van der Waals surface area contributed by atoms with Crippen molar-refractivity contribution in [1.29, 1.82) is 0 Å². The van der Waals surface area contributed by atoms with E-state index in [0.29, 0.717) is 27.5 Å². The maximum absolute atomic E-state index is 12.7. The highest BCUT2D eigenvalue weighted by Gasteiger charge is 2.19. The van der Waals surface area contributed by atoms with Crippen molar-refractivity contribution in [3.05, 3.63) is 92.1 Å². The van der Waals surface area contributed by atoms with Crippen LogP contribution in [-0.4, -0.2) is 25.2 Å². The highest BCUT2D eigenvalue weighted by atomic mass is 32.1. The molecule has 0 amide bonds. The Kier molecular flexibility index (Phi) is 5.50. The Morgan fingerprint density at radius 1 is 1.23 bits per heavy atom. The molecule has 0 fully saturated rings. The normalized spacial score (nSPS) is 11.5. The maximum atomic E-state index is 12.7. The number of nitrogens with zero attached hydrogens (tertiary/aromatic N) is 3. The first-order chi connectivity index (χ1) is 14.9. The number of imidazole rings is 1. The lowest BCUT2D eigenvalue weighted by molar-refractivity contribution is -0.385. The monoisotopic (exact) mass is 433 g/mol. The van der Waals surface area contributed by atoms with Gasteiger partial charge in [0.15, 0.2) is 10.7 Å². The van der Waals surface area contributed by atoms with Crippen LogP contribution in [-0.2, 0) is 6.61 Å². The first-order valence-electron chi connectivity index (χ1n) is 9.53. The zero-order valence-electron chi connectivity index (χ0n) is 16.9. The molecule has 31 heavy (non-hydrogen) atoms. The summed E-state index contributed by atoms with van der Waals surface area (Å²) in [7, 11) is 0. The number of rotatable bonds is 6. The van der Waals surface area contributed by atoms with Gasteiger partial charge in [-0.1, -0.05) is 18.2 Å². The molecule has 0 saturated heterocycles. The van der Waals surface area contributed by atoms with Gasteiger partial charge in [-0.25, -0.2) is 4.98 Å². The molecule has 4 rings (SSSR count). The quantitative estimate of drug-likeness (QED) is 0.200. The van der Waals surface area contributed by atoms with Gasteiger partial charge in [0, 0.05) is 28.8 Å². The summed E-state index contributed by atoms with van der Waals surface area (Å²) in [5.41, 5.74) is 4.54. The van der Waals surface area contributed by atoms with Crippen LogP contribution in [0.5, 0.6) is 0 Å². The van der Waals surface area contributed by atoms with Crippen molar-refractivity contribution in [3.63, 3.8) is 0 Å². The summed E-state index contributed by atoms with van der Waals surface area (Å²) in [6.07, 6.45) is 5.02. The molecule has 0 aliphatic carbocycles. The molecule has 0 unspecified atom stereocenters. The van der Waals surface area contributed by atoms with Crippen LogP contribution in [0.25, 0.3) is 22.3 Å². The largest absolute Gasteiger partial charge is 0.391 e. The molecule has 0 bridgehead atoms. The number of hydrogen-bond acceptors (Lipinski definition) is 6. The molecular formula is C23H19N3O4S. The highest BCUT2D eigenvalue weighted by molar-refractivity contribution is 7.15. The number of hydrogen-bond donors (Lipinski definition) is 1. The van der Waals surface area contributed by atoms with E-state index < -0.39 is 11.5 Å². The molecule has 2 aromatic heterocycles. The second-order valence-corrected chi connectivity index (χ2v) is 8.03. The van der Waals surface area contributed by atoms with Crippen molar-refractivity contribution in [1.82, 2.24) is 9.38 Å². The van der Waals surface area contributed by atoms with Gasteiger partial charge in [0.2, 0.25) is 0 Å². The predicted octanol–water partition coefficient (Wildman–Crippen LogP) is 4.98. The fourth-order valence-electron chi connectivity index (χ4n) is 3.34. The average Bonchev–Trinajstić information content (AvgIpc) is 3.35. The molecule has 0 spiro atoms. The van der Waals surface area contributed by atoms with Gasteiger partial charge in [0.05, 0.1) is 28.5 Å². The van der Waals surface area contributed by atoms with Crippen molar-refractivity contribution >= 4 is 33.8 Å². The van der Waals surface area contributed by atoms with Gasteiger partial charge in [0.1, 0.15) is 0 Å². The third-order valence-corrected chi connectivity index (χ3v) is 5.97. The summed E-state index contributed by atoms with van der Waals surface area (Å²) in [5.74, 6) is -0.138. The minimum absolute atomic E-state index is 0.138. The Morgan fingerprint density at radius 3 is 2.74 bits per heavy atom. The first-order valence-corrected chi connectivity index (χ1v) is 10.4. The van der Waals surface area contributed by atoms with Gasteiger partial charge in [-0.15, -0.1) is 11.3 Å². The van der Waals surface area contributed by atoms with Gasteiger partial charge in [-0.05, 0) is 49.3 Å². The number of ketones is 1. The topological polar surface area (TPSA) is 97.7 Å². The maximum Gasteiger partial charge on any atom is 0.275 e. The summed E-state index contributed by atoms with van der Waals surface area (Å²) in [4.78, 5) is 28.9. The minimum Gasteiger partial charge on any atom is -0.391 e. The average molecular weight is 433 g/mol. The molecule has 4 aromatic rings. The summed E-state index contributed by atoms with van der Waals surface area (Å²) in [6, 6.07) is 10.2. The molecule has 0 aliphatic rings. The van der Waals surface area contributed by atoms with Gasteiger partial charge in [-0.3, -0.25) is 19.3 Å². The van der Waals surface area contributed by atoms with E-state index in [0.717, 1.165) is 11.1 Å². The second-order valence-electron chi connectivity index (χ2n) is 7.16. The van der Waals surface area contributed by atoms with E-state index in [1.54, 1.807) is 18.2 Å². The van der Waals surface area contributed by atoms with Crippen LogP contribution in [0.1, 0.15) is 32.7 Å². The van der Waals surface area contributed by atoms with Crippen LogP contribution < -0.4 is 0 Å². The summed E-state index contributed by atoms with van der Waals surface area (Å²) in [5, 5.41) is 22.7. The van der Waals surface area contributed by atoms with Crippen LogP contribution in [0.3, 0.4) is 0 Å². The van der Waals surface area contributed by atoms with Crippen molar-refractivity contribution in [2.45, 2.75) is 20.5 Å². The molecule has 0 atom stereocenters. The van der Waals surface area contributed by atoms with E-state index in [9.17, 15) is 20.0 Å². The summed E-state index contributed by atoms with van der Waals surface area (Å²) >= 11 is 1.43. The number of allylic oxidation sites excluding steroid dienone is 1. The van der Waals surface area contributed by atoms with Crippen molar-refractivity contribution < 1.29 is 14.8 Å². The molecule has 7 nitrogen and oxygen atoms in total. The van der Waals surface area contributed by atoms with Crippen LogP contribution >= 0.6 is 11.3 Å². The number of benzene rings is 2. The van der Waals surface area contributed by atoms with Gasteiger partial charge >= 0.3 is 0 Å². The second kappa shape index (κ2) is 8.25. The van der Waals surface area contributed by atoms with Gasteiger partial charge in [0.25, 0.3) is 5.69 Å². The standard InChI is InChI=1S/C23H19N3O4S/c1-14-3-4-16(11-15(14)2)21(28)8-7-19-22(24-23-25(19)9-10-31-23)17-5-6-18(13-27)20(12-17)26(29)30/h3-12,27H,13H2,1-2H3/b8-7+. The van der Waals surface area contributed by atoms with Crippen LogP contribution in [0.4, 0.5) is 5.69 Å². The predicted molar refractivity (Wildman–Crippen MR) is 120 cm³/mol. The molecule has 156 valence electrons. The third-order valence-electron chi connectivity index (χ3n) is 5.21. The van der Waals surface area contributed by atoms with Crippen LogP contribution in [0.2, 0.25) is 0 Å². The van der Waals surface area contributed by atoms with Crippen molar-refractivity contribution in [3.8, 4) is 11.3 Å². The van der Waals surface area contributed by atoms with Crippen molar-refractivity contribution in [2.24, 2.45) is 0 Å². The molecule has 2 aromatic carbocycles. The number of carbonyl (C=O) groups is 1. The van der Waals surface area contributed by atoms with Crippen molar-refractivity contribution in [2.75, 3.05) is 0 Å². The Hall–Kier alpha value is -3.62. The Morgan fingerprint density at radius 2 is 2.03 bits per heavy atom. The lowest BCUT2D eigenvalue weighted by Gasteiger charge is -2.04. The number of aryl methyl sites for hydroxylation is 2. The molecule has 0 saturated carbocycles. The summed E-state index contributed by atoms with van der Waals surface area (Å²) in [6.45, 7) is 3.53. The Balaban J connectivity index is 1.78. The van der Waals surface area contributed by atoms with E-state index in [-0.39, 0.29) is 17.0 Å². The number of aliphatic hydroxyl groups is 1. The number of aliphatic hydroxyl groups excluding tert-OH is 1. The van der Waals surface area contributed by atoms with Gasteiger partial charge < -0.3 is 5.11 Å². The van der Waals surface area contributed by atoms with E-state index >= 15 is 0 Å². The SMILES string of the molecule is Cc1ccc(C(=O)/C=C/c2c(-c3ccc(CO)c([N+](=O)[O-])c3)nc3sccn23)cc1C. The van der Waals surface area contributed by atoms with E-state index in [2.05, 4.69) is 4.98 Å². The van der Waals surface area contributed by atoms with E-state index in [1.165, 1.54) is 29.5 Å². The fourth-order valence-corrected chi connectivity index (χ4v) is 4.06. The smallest absolute Gasteiger partial charge is 0.275 e. The first kappa shape index (κ1) is 20.6. The lowest BCUT2D eigenvalue weighted by atomic mass is 10.0. The molecular weight excluding hydrogens is 414 g/mol. The zero-order valence-corrected chi connectivity index (χ0v) is 17.7. The molecule has 0 radical (unpaired) electrons. The Bertz CT molecular complexity index is 1350. The molecule has 8 heteroatoms. The number of fused-ring (bicyclic) bond motifs is 1. The van der Waals surface area contributed by atoms with E-state index in [1.807, 2.05) is 42.0 Å². The fraction of sp³-hybridized carbons (Fsp3) is 0.130. The van der Waals surface area contributed by atoms with Crippen LogP contribution in [0, 0.1) is 24.0 Å². The number of carbonyl (C=O) groups excluding carboxylic acids is 1. The number of nitro benzene ring substituents is 1. The third kappa shape index (κ3) is 3.90. The lowest BCUT2D eigenvalue weighted by Crippen LogP contribution is -1.97. The molecule has 0 aliphatic heterocycles.